The Morgan fingerprint density at radius 1 is 1.32 bits per heavy atom. The van der Waals surface area contributed by atoms with Gasteiger partial charge in [0.2, 0.25) is 0 Å². The molecule has 2 aromatic rings. The second-order valence-corrected chi connectivity index (χ2v) is 5.80. The summed E-state index contributed by atoms with van der Waals surface area (Å²) in [6.07, 6.45) is 3.64. The van der Waals surface area contributed by atoms with Gasteiger partial charge >= 0.3 is 0 Å². The summed E-state index contributed by atoms with van der Waals surface area (Å²) in [7, 11) is 0. The lowest BCUT2D eigenvalue weighted by molar-refractivity contribution is 0.0806. The molecule has 1 aromatic heterocycles. The predicted octanol–water partition coefficient (Wildman–Crippen LogP) is 2.39. The summed E-state index contributed by atoms with van der Waals surface area (Å²) in [4.78, 5) is 19.3. The third kappa shape index (κ3) is 3.25. The van der Waals surface area contributed by atoms with E-state index in [1.807, 2.05) is 35.0 Å². The first-order valence-corrected chi connectivity index (χ1v) is 7.96. The Bertz CT molecular complexity index is 623. The van der Waals surface area contributed by atoms with Crippen LogP contribution in [0.1, 0.15) is 35.9 Å². The van der Waals surface area contributed by atoms with Crippen LogP contribution in [0.25, 0.3) is 0 Å². The van der Waals surface area contributed by atoms with Gasteiger partial charge in [-0.1, -0.05) is 30.3 Å². The van der Waals surface area contributed by atoms with E-state index in [9.17, 15) is 4.79 Å². The number of Topliss-reactive ketones (excluding diaryl/α,β-unsaturated/α-hetero) is 1. The van der Waals surface area contributed by atoms with Gasteiger partial charge in [-0.25, -0.2) is 9.67 Å². The highest BCUT2D eigenvalue weighted by Crippen LogP contribution is 2.22. The van der Waals surface area contributed by atoms with Gasteiger partial charge in [0, 0.05) is 24.6 Å². The molecule has 0 N–H and O–H groups in total. The number of hydrogen-bond acceptors (Lipinski definition) is 4. The first-order chi connectivity index (χ1) is 10.8. The third-order valence-electron chi connectivity index (χ3n) is 4.29. The van der Waals surface area contributed by atoms with Crippen molar-refractivity contribution in [2.45, 2.75) is 32.9 Å². The van der Waals surface area contributed by atoms with E-state index in [0.29, 0.717) is 0 Å². The van der Waals surface area contributed by atoms with E-state index in [0.717, 1.165) is 50.4 Å². The number of piperidine rings is 1. The Balaban J connectivity index is 1.65. The third-order valence-corrected chi connectivity index (χ3v) is 4.29. The molecule has 0 spiro atoms. The molecule has 1 aliphatic rings. The summed E-state index contributed by atoms with van der Waals surface area (Å²) in [5.74, 6) is 1.34. The predicted molar refractivity (Wildman–Crippen MR) is 84.5 cm³/mol. The highest BCUT2D eigenvalue weighted by atomic mass is 16.1. The first-order valence-electron chi connectivity index (χ1n) is 7.96. The number of benzene rings is 1. The van der Waals surface area contributed by atoms with Crippen LogP contribution in [0.15, 0.2) is 36.7 Å². The van der Waals surface area contributed by atoms with Crippen molar-refractivity contribution in [1.82, 2.24) is 19.7 Å². The van der Waals surface area contributed by atoms with Crippen molar-refractivity contribution in [3.63, 3.8) is 0 Å². The van der Waals surface area contributed by atoms with Gasteiger partial charge < -0.3 is 0 Å². The second-order valence-electron chi connectivity index (χ2n) is 5.80. The number of hydrogen-bond donors (Lipinski definition) is 0. The van der Waals surface area contributed by atoms with Crippen LogP contribution in [0.3, 0.4) is 0 Å². The van der Waals surface area contributed by atoms with Crippen molar-refractivity contribution in [3.05, 3.63) is 48.0 Å². The van der Waals surface area contributed by atoms with Crippen LogP contribution in [-0.4, -0.2) is 38.5 Å². The molecule has 1 atom stereocenters. The van der Waals surface area contributed by atoms with Crippen molar-refractivity contribution in [2.24, 2.45) is 5.92 Å². The smallest absolute Gasteiger partial charge is 0.167 e. The molecule has 5 nitrogen and oxygen atoms in total. The van der Waals surface area contributed by atoms with Gasteiger partial charge in [-0.3, -0.25) is 9.69 Å². The van der Waals surface area contributed by atoms with Gasteiger partial charge in [0.05, 0.1) is 6.54 Å². The van der Waals surface area contributed by atoms with Crippen LogP contribution in [0.2, 0.25) is 0 Å². The van der Waals surface area contributed by atoms with E-state index in [1.165, 1.54) is 0 Å². The zero-order valence-electron chi connectivity index (χ0n) is 13.0. The van der Waals surface area contributed by atoms with Crippen molar-refractivity contribution >= 4 is 5.78 Å². The Kier molecular flexibility index (Phi) is 4.63. The van der Waals surface area contributed by atoms with Gasteiger partial charge in [-0.15, -0.1) is 0 Å². The van der Waals surface area contributed by atoms with E-state index in [1.54, 1.807) is 6.33 Å². The Hall–Kier alpha value is -2.01. The lowest BCUT2D eigenvalue weighted by Crippen LogP contribution is -2.38. The van der Waals surface area contributed by atoms with Crippen molar-refractivity contribution in [3.8, 4) is 0 Å². The quantitative estimate of drug-likeness (QED) is 0.795. The van der Waals surface area contributed by atoms with E-state index < -0.39 is 0 Å². The molecule has 0 amide bonds. The van der Waals surface area contributed by atoms with Crippen molar-refractivity contribution in [2.75, 3.05) is 13.1 Å². The average Bonchev–Trinajstić information content (AvgIpc) is 3.02. The maximum Gasteiger partial charge on any atom is 0.167 e. The molecule has 22 heavy (non-hydrogen) atoms. The average molecular weight is 298 g/mol. The number of nitrogens with zero attached hydrogens (tertiary/aromatic N) is 4. The summed E-state index contributed by atoms with van der Waals surface area (Å²) in [5.41, 5.74) is 0.825. The molecule has 1 aromatic carbocycles. The molecule has 0 radical (unpaired) electrons. The summed E-state index contributed by atoms with van der Waals surface area (Å²) in [6.45, 7) is 5.50. The summed E-state index contributed by atoms with van der Waals surface area (Å²) in [6, 6.07) is 9.63. The number of aromatic nitrogens is 3. The molecule has 1 saturated heterocycles. The summed E-state index contributed by atoms with van der Waals surface area (Å²) >= 11 is 0. The molecule has 116 valence electrons. The van der Waals surface area contributed by atoms with Crippen LogP contribution < -0.4 is 0 Å². The normalized spacial score (nSPS) is 19.2. The van der Waals surface area contributed by atoms with E-state index in [2.05, 4.69) is 21.9 Å². The van der Waals surface area contributed by atoms with Gasteiger partial charge in [0.15, 0.2) is 5.78 Å². The zero-order valence-corrected chi connectivity index (χ0v) is 13.0. The largest absolute Gasteiger partial charge is 0.295 e. The maximum atomic E-state index is 12.6. The molecule has 0 saturated carbocycles. The van der Waals surface area contributed by atoms with Crippen LogP contribution in [0, 0.1) is 5.92 Å². The fraction of sp³-hybridized carbons (Fsp3) is 0.471. The number of likely N-dealkylation sites (tertiary alicyclic amines) is 1. The number of aryl methyl sites for hydroxylation is 1. The van der Waals surface area contributed by atoms with Gasteiger partial charge in [-0.2, -0.15) is 5.10 Å². The molecule has 2 heterocycles. The van der Waals surface area contributed by atoms with Crippen LogP contribution >= 0.6 is 0 Å². The summed E-state index contributed by atoms with van der Waals surface area (Å²) in [5, 5.41) is 4.21. The molecular weight excluding hydrogens is 276 g/mol. The highest BCUT2D eigenvalue weighted by molar-refractivity contribution is 5.98. The Morgan fingerprint density at radius 2 is 2.14 bits per heavy atom. The van der Waals surface area contributed by atoms with Gasteiger partial charge in [-0.05, 0) is 26.3 Å². The van der Waals surface area contributed by atoms with E-state index in [4.69, 9.17) is 0 Å². The second kappa shape index (κ2) is 6.83. The molecule has 0 aliphatic carbocycles. The molecule has 5 heteroatoms. The Morgan fingerprint density at radius 3 is 2.91 bits per heavy atom. The molecule has 1 aliphatic heterocycles. The zero-order chi connectivity index (χ0) is 15.4. The number of rotatable bonds is 5. The fourth-order valence-corrected chi connectivity index (χ4v) is 3.13. The van der Waals surface area contributed by atoms with Crippen LogP contribution in [0.4, 0.5) is 0 Å². The number of carbonyl (C=O) groups excluding carboxylic acids is 1. The lowest BCUT2D eigenvalue weighted by Gasteiger charge is -2.31. The molecule has 1 fully saturated rings. The Labute approximate surface area is 131 Å². The first kappa shape index (κ1) is 14.9. The van der Waals surface area contributed by atoms with Crippen molar-refractivity contribution < 1.29 is 4.79 Å². The highest BCUT2D eigenvalue weighted by Gasteiger charge is 2.27. The molecule has 3 rings (SSSR count). The topological polar surface area (TPSA) is 51.0 Å². The maximum absolute atomic E-state index is 12.6. The standard InChI is InChI=1S/C17H22N4O/c1-2-21-16(18-13-19-21)12-20-10-6-9-15(11-20)17(22)14-7-4-3-5-8-14/h3-5,7-8,13,15H,2,6,9-12H2,1H3. The lowest BCUT2D eigenvalue weighted by atomic mass is 9.90. The van der Waals surface area contributed by atoms with Gasteiger partial charge in [0.1, 0.15) is 12.2 Å². The van der Waals surface area contributed by atoms with Crippen LogP contribution in [-0.2, 0) is 13.1 Å². The molecular formula is C17H22N4O. The van der Waals surface area contributed by atoms with Gasteiger partial charge in [0.25, 0.3) is 0 Å². The van der Waals surface area contributed by atoms with E-state index >= 15 is 0 Å². The fourth-order valence-electron chi connectivity index (χ4n) is 3.13. The van der Waals surface area contributed by atoms with Crippen molar-refractivity contribution in [1.29, 1.82) is 0 Å². The van der Waals surface area contributed by atoms with E-state index in [-0.39, 0.29) is 11.7 Å². The minimum Gasteiger partial charge on any atom is -0.295 e. The SMILES string of the molecule is CCn1ncnc1CN1CCCC(C(=O)c2ccccc2)C1. The number of carbonyl (C=O) groups is 1. The minimum absolute atomic E-state index is 0.0918. The van der Waals surface area contributed by atoms with Crippen LogP contribution in [0.5, 0.6) is 0 Å². The minimum atomic E-state index is 0.0918. The summed E-state index contributed by atoms with van der Waals surface area (Å²) < 4.78 is 1.92. The molecule has 0 bridgehead atoms. The monoisotopic (exact) mass is 298 g/mol. The number of ketones is 1. The molecule has 1 unspecified atom stereocenters.